The summed E-state index contributed by atoms with van der Waals surface area (Å²) in [6, 6.07) is 13.3. The van der Waals surface area contributed by atoms with Crippen LogP contribution in [0.3, 0.4) is 0 Å². The van der Waals surface area contributed by atoms with Gasteiger partial charge in [-0.25, -0.2) is 4.98 Å². The molecule has 0 saturated heterocycles. The van der Waals surface area contributed by atoms with E-state index in [0.717, 1.165) is 21.3 Å². The number of nitrogens with zero attached hydrogens (tertiary/aromatic N) is 3. The van der Waals surface area contributed by atoms with Crippen LogP contribution in [0.5, 0.6) is 0 Å². The molecule has 0 atom stereocenters. The molecule has 27 heavy (non-hydrogen) atoms. The summed E-state index contributed by atoms with van der Waals surface area (Å²) in [6.07, 6.45) is 0.257. The molecule has 4 rings (SSSR count). The second-order valence-corrected chi connectivity index (χ2v) is 8.28. The number of benzene rings is 1. The smallest absolute Gasteiger partial charge is 0.277 e. The highest BCUT2D eigenvalue weighted by molar-refractivity contribution is 7.98. The number of aromatic nitrogens is 3. The van der Waals surface area contributed by atoms with Gasteiger partial charge >= 0.3 is 0 Å². The molecule has 0 bridgehead atoms. The van der Waals surface area contributed by atoms with Crippen LogP contribution in [0.25, 0.3) is 10.8 Å². The van der Waals surface area contributed by atoms with Crippen molar-refractivity contribution < 1.29 is 9.21 Å². The number of nitrogens with one attached hydrogen (secondary N) is 1. The summed E-state index contributed by atoms with van der Waals surface area (Å²) in [4.78, 5) is 17.6. The molecule has 9 heteroatoms. The number of carbonyl (C=O) groups excluding carboxylic acids is 1. The van der Waals surface area contributed by atoms with Gasteiger partial charge in [-0.2, -0.15) is 0 Å². The van der Waals surface area contributed by atoms with E-state index in [1.165, 1.54) is 23.1 Å². The highest BCUT2D eigenvalue weighted by Gasteiger charge is 2.12. The van der Waals surface area contributed by atoms with E-state index in [9.17, 15) is 4.79 Å². The fourth-order valence-corrected chi connectivity index (χ4v) is 4.46. The highest BCUT2D eigenvalue weighted by atomic mass is 32.2. The number of hydrogen-bond acceptors (Lipinski definition) is 8. The molecule has 1 amide bonds. The Morgan fingerprint density at radius 1 is 1.11 bits per heavy atom. The van der Waals surface area contributed by atoms with E-state index in [-0.39, 0.29) is 12.3 Å². The number of para-hydroxylation sites is 1. The third-order valence-corrected chi connectivity index (χ3v) is 6.06. The number of rotatable bonds is 7. The summed E-state index contributed by atoms with van der Waals surface area (Å²) < 4.78 is 5.65. The summed E-state index contributed by atoms with van der Waals surface area (Å²) in [5.74, 6) is 1.07. The van der Waals surface area contributed by atoms with Crippen LogP contribution in [0, 0.1) is 0 Å². The van der Waals surface area contributed by atoms with Gasteiger partial charge in [-0.1, -0.05) is 36.0 Å². The zero-order chi connectivity index (χ0) is 18.5. The molecule has 0 radical (unpaired) electrons. The lowest BCUT2D eigenvalue weighted by atomic mass is 10.3. The predicted octanol–water partition coefficient (Wildman–Crippen LogP) is 4.73. The Bertz CT molecular complexity index is 1010. The zero-order valence-electron chi connectivity index (χ0n) is 14.0. The van der Waals surface area contributed by atoms with Crippen molar-refractivity contribution in [3.8, 4) is 10.8 Å². The standard InChI is InChI=1S/C18H14N4O2S3/c23-15(19-12-5-2-1-3-6-12)9-16-20-13(10-26-16)11-27-18-22-21-17(24-18)14-7-4-8-25-14/h1-8,10H,9,11H2,(H,19,23). The summed E-state index contributed by atoms with van der Waals surface area (Å²) in [7, 11) is 0. The van der Waals surface area contributed by atoms with Crippen molar-refractivity contribution in [3.63, 3.8) is 0 Å². The minimum Gasteiger partial charge on any atom is -0.410 e. The molecular weight excluding hydrogens is 400 g/mol. The van der Waals surface area contributed by atoms with Gasteiger partial charge in [-0.15, -0.1) is 32.9 Å². The van der Waals surface area contributed by atoms with Crippen LogP contribution in [0.4, 0.5) is 5.69 Å². The van der Waals surface area contributed by atoms with Crippen LogP contribution in [-0.2, 0) is 17.0 Å². The van der Waals surface area contributed by atoms with Crippen LogP contribution in [-0.4, -0.2) is 21.1 Å². The molecule has 0 saturated carbocycles. The van der Waals surface area contributed by atoms with Crippen LogP contribution in [0.2, 0.25) is 0 Å². The first-order valence-corrected chi connectivity index (χ1v) is 10.8. The Balaban J connectivity index is 1.30. The average molecular weight is 415 g/mol. The van der Waals surface area contributed by atoms with Gasteiger partial charge in [0.2, 0.25) is 5.91 Å². The number of anilines is 1. The number of carbonyl (C=O) groups is 1. The van der Waals surface area contributed by atoms with E-state index < -0.39 is 0 Å². The average Bonchev–Trinajstić information content (AvgIpc) is 3.42. The monoisotopic (exact) mass is 414 g/mol. The molecular formula is C18H14N4O2S3. The maximum Gasteiger partial charge on any atom is 0.277 e. The van der Waals surface area contributed by atoms with Crippen molar-refractivity contribution in [2.45, 2.75) is 17.4 Å². The fourth-order valence-electron chi connectivity index (χ4n) is 2.26. The summed E-state index contributed by atoms with van der Waals surface area (Å²) in [6.45, 7) is 0. The van der Waals surface area contributed by atoms with E-state index in [4.69, 9.17) is 4.42 Å². The molecule has 0 aliphatic heterocycles. The highest BCUT2D eigenvalue weighted by Crippen LogP contribution is 2.28. The normalized spacial score (nSPS) is 10.8. The lowest BCUT2D eigenvalue weighted by Crippen LogP contribution is -2.14. The minimum atomic E-state index is -0.0766. The zero-order valence-corrected chi connectivity index (χ0v) is 16.4. The molecule has 4 aromatic rings. The third kappa shape index (κ3) is 4.82. The topological polar surface area (TPSA) is 80.9 Å². The van der Waals surface area contributed by atoms with Crippen molar-refractivity contribution in [1.29, 1.82) is 0 Å². The second-order valence-electron chi connectivity index (χ2n) is 5.46. The van der Waals surface area contributed by atoms with Gasteiger partial charge in [0.1, 0.15) is 5.01 Å². The number of amides is 1. The lowest BCUT2D eigenvalue weighted by molar-refractivity contribution is -0.115. The molecule has 0 aliphatic rings. The van der Waals surface area contributed by atoms with Crippen molar-refractivity contribution in [2.75, 3.05) is 5.32 Å². The van der Waals surface area contributed by atoms with Gasteiger partial charge in [0.15, 0.2) is 0 Å². The molecule has 0 aliphatic carbocycles. The number of thioether (sulfide) groups is 1. The van der Waals surface area contributed by atoms with Crippen molar-refractivity contribution in [3.05, 3.63) is 63.9 Å². The molecule has 136 valence electrons. The summed E-state index contributed by atoms with van der Waals surface area (Å²) in [5, 5.41) is 16.2. The van der Waals surface area contributed by atoms with Gasteiger partial charge in [-0.05, 0) is 23.6 Å². The van der Waals surface area contributed by atoms with Crippen molar-refractivity contribution in [1.82, 2.24) is 15.2 Å². The van der Waals surface area contributed by atoms with Gasteiger partial charge in [0.05, 0.1) is 17.0 Å². The SMILES string of the molecule is O=C(Cc1nc(CSc2nnc(-c3cccs3)o2)cs1)Nc1ccccc1. The molecule has 3 heterocycles. The summed E-state index contributed by atoms with van der Waals surface area (Å²) >= 11 is 4.47. The first-order chi connectivity index (χ1) is 13.3. The second kappa shape index (κ2) is 8.47. The van der Waals surface area contributed by atoms with Gasteiger partial charge in [-0.3, -0.25) is 4.79 Å². The summed E-state index contributed by atoms with van der Waals surface area (Å²) in [5.41, 5.74) is 1.68. The first-order valence-electron chi connectivity index (χ1n) is 8.04. The van der Waals surface area contributed by atoms with Crippen LogP contribution < -0.4 is 5.32 Å². The van der Waals surface area contributed by atoms with E-state index in [1.807, 2.05) is 53.2 Å². The molecule has 1 aromatic carbocycles. The largest absolute Gasteiger partial charge is 0.410 e. The fraction of sp³-hybridized carbons (Fsp3) is 0.111. The maximum atomic E-state index is 12.1. The minimum absolute atomic E-state index is 0.0766. The quantitative estimate of drug-likeness (QED) is 0.440. The Kier molecular flexibility index (Phi) is 5.61. The Labute approximate surface area is 167 Å². The van der Waals surface area contributed by atoms with E-state index in [2.05, 4.69) is 20.5 Å². The van der Waals surface area contributed by atoms with Crippen molar-refractivity contribution >= 4 is 46.0 Å². The van der Waals surface area contributed by atoms with Gasteiger partial charge < -0.3 is 9.73 Å². The molecule has 1 N–H and O–H groups in total. The maximum absolute atomic E-state index is 12.1. The molecule has 0 spiro atoms. The Morgan fingerprint density at radius 3 is 2.81 bits per heavy atom. The molecule has 3 aromatic heterocycles. The van der Waals surface area contributed by atoms with Gasteiger partial charge in [0, 0.05) is 16.8 Å². The first kappa shape index (κ1) is 17.9. The Morgan fingerprint density at radius 2 is 2.00 bits per heavy atom. The van der Waals surface area contributed by atoms with E-state index in [1.54, 1.807) is 11.3 Å². The van der Waals surface area contributed by atoms with Crippen molar-refractivity contribution in [2.24, 2.45) is 0 Å². The molecule has 6 nitrogen and oxygen atoms in total. The lowest BCUT2D eigenvalue weighted by Gasteiger charge is -2.02. The molecule has 0 unspecified atom stereocenters. The number of hydrogen-bond donors (Lipinski definition) is 1. The number of thiazole rings is 1. The molecule has 0 fully saturated rings. The third-order valence-electron chi connectivity index (χ3n) is 3.45. The van der Waals surface area contributed by atoms with Crippen LogP contribution in [0.15, 0.2) is 62.9 Å². The Hall–Kier alpha value is -2.49. The van der Waals surface area contributed by atoms with Crippen LogP contribution >= 0.6 is 34.4 Å². The van der Waals surface area contributed by atoms with Crippen LogP contribution in [0.1, 0.15) is 10.7 Å². The van der Waals surface area contributed by atoms with E-state index in [0.29, 0.717) is 16.9 Å². The van der Waals surface area contributed by atoms with Gasteiger partial charge in [0.25, 0.3) is 11.1 Å². The number of thiophene rings is 1. The predicted molar refractivity (Wildman–Crippen MR) is 108 cm³/mol. The van der Waals surface area contributed by atoms with E-state index >= 15 is 0 Å².